The Balaban J connectivity index is 1.60. The Bertz CT molecular complexity index is 367. The Labute approximate surface area is 113 Å². The lowest BCUT2D eigenvalue weighted by Crippen LogP contribution is -2.28. The molecule has 0 aliphatic carbocycles. The zero-order valence-corrected chi connectivity index (χ0v) is 11.5. The van der Waals surface area contributed by atoms with Crippen LogP contribution in [0.15, 0.2) is 24.3 Å². The third-order valence-corrected chi connectivity index (χ3v) is 4.97. The van der Waals surface area contributed by atoms with Gasteiger partial charge in [-0.2, -0.15) is 11.8 Å². The molecule has 0 aromatic heterocycles. The summed E-state index contributed by atoms with van der Waals surface area (Å²) in [7, 11) is 0. The molecular formula is C15H21NOS. The van der Waals surface area contributed by atoms with Gasteiger partial charge in [0, 0.05) is 12.3 Å². The summed E-state index contributed by atoms with van der Waals surface area (Å²) in [4.78, 5) is 0. The predicted octanol–water partition coefficient (Wildman–Crippen LogP) is 3.04. The molecule has 3 rings (SSSR count). The van der Waals surface area contributed by atoms with Crippen molar-refractivity contribution in [2.45, 2.75) is 31.3 Å². The number of hydrogen-bond acceptors (Lipinski definition) is 3. The van der Waals surface area contributed by atoms with E-state index in [0.717, 1.165) is 18.0 Å². The molecule has 0 radical (unpaired) electrons. The van der Waals surface area contributed by atoms with Crippen LogP contribution >= 0.6 is 11.8 Å². The van der Waals surface area contributed by atoms with E-state index in [9.17, 15) is 0 Å². The number of piperidine rings is 1. The molecule has 0 saturated carbocycles. The second-order valence-corrected chi connectivity index (χ2v) is 6.37. The monoisotopic (exact) mass is 263 g/mol. The van der Waals surface area contributed by atoms with E-state index in [-0.39, 0.29) is 0 Å². The lowest BCUT2D eigenvalue weighted by atomic mass is 9.92. The van der Waals surface area contributed by atoms with Crippen molar-refractivity contribution in [3.05, 3.63) is 29.8 Å². The Morgan fingerprint density at radius 3 is 2.72 bits per heavy atom. The third kappa shape index (κ3) is 3.01. The maximum Gasteiger partial charge on any atom is 0.119 e. The fraction of sp³-hybridized carbons (Fsp3) is 0.600. The molecule has 1 aromatic carbocycles. The van der Waals surface area contributed by atoms with E-state index in [1.807, 2.05) is 11.8 Å². The first-order chi connectivity index (χ1) is 8.92. The SMILES string of the molecule is c1cc(C2CCCNC2)ccc1OC1CCSC1. The minimum Gasteiger partial charge on any atom is -0.490 e. The van der Waals surface area contributed by atoms with E-state index in [1.54, 1.807) is 0 Å². The van der Waals surface area contributed by atoms with E-state index in [0.29, 0.717) is 12.0 Å². The predicted molar refractivity (Wildman–Crippen MR) is 77.6 cm³/mol. The van der Waals surface area contributed by atoms with Crippen LogP contribution in [0.2, 0.25) is 0 Å². The normalized spacial score (nSPS) is 28.2. The van der Waals surface area contributed by atoms with Gasteiger partial charge in [-0.25, -0.2) is 0 Å². The van der Waals surface area contributed by atoms with Crippen molar-refractivity contribution < 1.29 is 4.74 Å². The summed E-state index contributed by atoms with van der Waals surface area (Å²) in [6.07, 6.45) is 4.23. The first-order valence-corrected chi connectivity index (χ1v) is 8.12. The minimum absolute atomic E-state index is 0.428. The highest BCUT2D eigenvalue weighted by Crippen LogP contribution is 2.27. The molecule has 2 heterocycles. The zero-order chi connectivity index (χ0) is 12.2. The van der Waals surface area contributed by atoms with E-state index in [4.69, 9.17) is 4.74 Å². The van der Waals surface area contributed by atoms with Crippen LogP contribution in [0.5, 0.6) is 5.75 Å². The van der Waals surface area contributed by atoms with Crippen molar-refractivity contribution in [1.29, 1.82) is 0 Å². The largest absolute Gasteiger partial charge is 0.490 e. The fourth-order valence-electron chi connectivity index (χ4n) is 2.75. The maximum absolute atomic E-state index is 5.98. The van der Waals surface area contributed by atoms with Gasteiger partial charge in [-0.15, -0.1) is 0 Å². The highest BCUT2D eigenvalue weighted by Gasteiger charge is 2.18. The quantitative estimate of drug-likeness (QED) is 0.905. The molecule has 2 aliphatic heterocycles. The highest BCUT2D eigenvalue weighted by molar-refractivity contribution is 7.99. The first-order valence-electron chi connectivity index (χ1n) is 6.97. The zero-order valence-electron chi connectivity index (χ0n) is 10.7. The molecule has 1 aromatic rings. The van der Waals surface area contributed by atoms with Crippen LogP contribution in [0.4, 0.5) is 0 Å². The summed E-state index contributed by atoms with van der Waals surface area (Å²) in [6, 6.07) is 8.78. The summed E-state index contributed by atoms with van der Waals surface area (Å²) in [5.41, 5.74) is 1.45. The standard InChI is InChI=1S/C15H21NOS/c1-2-13(10-16-8-1)12-3-5-14(6-4-12)17-15-7-9-18-11-15/h3-6,13,15-16H,1-2,7-11H2. The molecule has 0 spiro atoms. The summed E-state index contributed by atoms with van der Waals surface area (Å²) in [5.74, 6) is 4.12. The van der Waals surface area contributed by atoms with Crippen molar-refractivity contribution in [1.82, 2.24) is 5.32 Å². The Morgan fingerprint density at radius 1 is 1.17 bits per heavy atom. The lowest BCUT2D eigenvalue weighted by Gasteiger charge is -2.23. The molecule has 1 N–H and O–H groups in total. The second kappa shape index (κ2) is 5.98. The molecule has 2 aliphatic rings. The van der Waals surface area contributed by atoms with E-state index < -0.39 is 0 Å². The van der Waals surface area contributed by atoms with Gasteiger partial charge in [-0.05, 0) is 55.2 Å². The van der Waals surface area contributed by atoms with Gasteiger partial charge in [0.1, 0.15) is 11.9 Å². The lowest BCUT2D eigenvalue weighted by molar-refractivity contribution is 0.229. The summed E-state index contributed by atoms with van der Waals surface area (Å²) in [5, 5.41) is 3.47. The second-order valence-electron chi connectivity index (χ2n) is 5.22. The van der Waals surface area contributed by atoms with Crippen LogP contribution in [0.1, 0.15) is 30.7 Å². The molecule has 2 fully saturated rings. The smallest absolute Gasteiger partial charge is 0.119 e. The molecule has 98 valence electrons. The van der Waals surface area contributed by atoms with Crippen molar-refractivity contribution >= 4 is 11.8 Å². The topological polar surface area (TPSA) is 21.3 Å². The molecule has 2 nitrogen and oxygen atoms in total. The van der Waals surface area contributed by atoms with Crippen LogP contribution in [0.3, 0.4) is 0 Å². The Morgan fingerprint density at radius 2 is 2.06 bits per heavy atom. The van der Waals surface area contributed by atoms with Gasteiger partial charge >= 0.3 is 0 Å². The fourth-order valence-corrected chi connectivity index (χ4v) is 3.85. The Hall–Kier alpha value is -0.670. The summed E-state index contributed by atoms with van der Waals surface area (Å²) >= 11 is 1.99. The molecule has 0 bridgehead atoms. The van der Waals surface area contributed by atoms with E-state index >= 15 is 0 Å². The van der Waals surface area contributed by atoms with Crippen molar-refractivity contribution in [2.24, 2.45) is 0 Å². The van der Waals surface area contributed by atoms with E-state index in [2.05, 4.69) is 29.6 Å². The van der Waals surface area contributed by atoms with Crippen molar-refractivity contribution in [2.75, 3.05) is 24.6 Å². The highest BCUT2D eigenvalue weighted by atomic mass is 32.2. The van der Waals surface area contributed by atoms with Gasteiger partial charge < -0.3 is 10.1 Å². The third-order valence-electron chi connectivity index (χ3n) is 3.84. The van der Waals surface area contributed by atoms with Gasteiger partial charge in [0.25, 0.3) is 0 Å². The van der Waals surface area contributed by atoms with Gasteiger partial charge in [0.2, 0.25) is 0 Å². The molecule has 2 atom stereocenters. The van der Waals surface area contributed by atoms with Gasteiger partial charge in [-0.3, -0.25) is 0 Å². The minimum atomic E-state index is 0.428. The van der Waals surface area contributed by atoms with Crippen LogP contribution < -0.4 is 10.1 Å². The van der Waals surface area contributed by atoms with Crippen LogP contribution in [-0.2, 0) is 0 Å². The number of benzene rings is 1. The molecule has 18 heavy (non-hydrogen) atoms. The van der Waals surface area contributed by atoms with Gasteiger partial charge in [0.05, 0.1) is 0 Å². The number of nitrogens with one attached hydrogen (secondary N) is 1. The van der Waals surface area contributed by atoms with Crippen LogP contribution in [-0.4, -0.2) is 30.7 Å². The van der Waals surface area contributed by atoms with Crippen LogP contribution in [0.25, 0.3) is 0 Å². The number of ether oxygens (including phenoxy) is 1. The molecule has 2 saturated heterocycles. The van der Waals surface area contributed by atoms with Gasteiger partial charge in [-0.1, -0.05) is 12.1 Å². The van der Waals surface area contributed by atoms with Crippen molar-refractivity contribution in [3.63, 3.8) is 0 Å². The number of thioether (sulfide) groups is 1. The molecule has 2 unspecified atom stereocenters. The Kier molecular flexibility index (Phi) is 4.11. The average molecular weight is 263 g/mol. The number of rotatable bonds is 3. The summed E-state index contributed by atoms with van der Waals surface area (Å²) < 4.78 is 5.98. The molecule has 3 heteroatoms. The number of hydrogen-bond donors (Lipinski definition) is 1. The first kappa shape index (κ1) is 12.4. The average Bonchev–Trinajstić information content (AvgIpc) is 2.94. The summed E-state index contributed by atoms with van der Waals surface area (Å²) in [6.45, 7) is 2.30. The van der Waals surface area contributed by atoms with E-state index in [1.165, 1.54) is 37.1 Å². The molecular weight excluding hydrogens is 242 g/mol. The van der Waals surface area contributed by atoms with Crippen LogP contribution in [0, 0.1) is 0 Å². The maximum atomic E-state index is 5.98. The van der Waals surface area contributed by atoms with Crippen molar-refractivity contribution in [3.8, 4) is 5.75 Å². The van der Waals surface area contributed by atoms with Gasteiger partial charge in [0.15, 0.2) is 0 Å². The molecule has 0 amide bonds.